The van der Waals surface area contributed by atoms with Crippen molar-refractivity contribution in [2.45, 2.75) is 103 Å². The molecule has 372 valence electrons. The van der Waals surface area contributed by atoms with E-state index in [1.807, 2.05) is 13.8 Å². The van der Waals surface area contributed by atoms with E-state index in [4.69, 9.17) is 19.9 Å². The third-order valence-electron chi connectivity index (χ3n) is 9.86. The number of nitrogens with one attached hydrogen (secondary N) is 7. The van der Waals surface area contributed by atoms with Crippen LogP contribution in [0.4, 0.5) is 10.5 Å². The maximum atomic E-state index is 13.4. The molecule has 2 rings (SSSR count). The van der Waals surface area contributed by atoms with Crippen molar-refractivity contribution in [3.8, 4) is 0 Å². The molecule has 9 amide bonds. The number of carbonyl (C=O) groups is 10. The number of nitrogens with zero attached hydrogens (tertiary/aromatic N) is 1. The molecule has 1 heterocycles. The van der Waals surface area contributed by atoms with Crippen LogP contribution in [0.5, 0.6) is 0 Å². The lowest BCUT2D eigenvalue weighted by Gasteiger charge is -2.24. The maximum Gasteiger partial charge on any atom is 0.407 e. The average molecular weight is 946 g/mol. The first kappa shape index (κ1) is 56.8. The highest BCUT2D eigenvalue weighted by molar-refractivity contribution is 6.12. The van der Waals surface area contributed by atoms with Crippen LogP contribution in [0.2, 0.25) is 0 Å². The molecule has 1 aromatic carbocycles. The zero-order chi connectivity index (χ0) is 49.7. The lowest BCUT2D eigenvalue weighted by atomic mass is 10.0. The Labute approximate surface area is 389 Å². The summed E-state index contributed by atoms with van der Waals surface area (Å²) in [5.41, 5.74) is 6.57. The summed E-state index contributed by atoms with van der Waals surface area (Å²) in [6, 6.07) is 1.68. The van der Waals surface area contributed by atoms with E-state index in [0.29, 0.717) is 56.9 Å². The molecule has 0 radical (unpaired) electrons. The van der Waals surface area contributed by atoms with Crippen molar-refractivity contribution in [3.63, 3.8) is 0 Å². The van der Waals surface area contributed by atoms with Crippen molar-refractivity contribution < 1.29 is 67.3 Å². The molecular formula is C44H67N9O14. The first-order valence-electron chi connectivity index (χ1n) is 22.2. The van der Waals surface area contributed by atoms with Gasteiger partial charge in [0.2, 0.25) is 35.4 Å². The van der Waals surface area contributed by atoms with Crippen molar-refractivity contribution in [2.24, 2.45) is 11.7 Å². The third kappa shape index (κ3) is 23.1. The highest BCUT2D eigenvalue weighted by Gasteiger charge is 2.29. The number of rotatable bonds is 33. The number of hydrogen-bond donors (Lipinski definition) is 9. The number of anilines is 1. The van der Waals surface area contributed by atoms with Crippen LogP contribution in [0, 0.1) is 5.92 Å². The summed E-state index contributed by atoms with van der Waals surface area (Å²) in [6.45, 7) is 4.68. The fourth-order valence-electron chi connectivity index (χ4n) is 6.37. The molecule has 23 nitrogen and oxygen atoms in total. The number of unbranched alkanes of at least 4 members (excludes halogenated alkanes) is 1. The third-order valence-corrected chi connectivity index (χ3v) is 9.86. The van der Waals surface area contributed by atoms with E-state index < -0.39 is 90.7 Å². The molecule has 0 unspecified atom stereocenters. The van der Waals surface area contributed by atoms with Crippen LogP contribution in [0.1, 0.15) is 77.7 Å². The number of alkyl carbamates (subject to hydrolysis) is 1. The standard InChI is InChI=1S/C44H67N9O14/c1-28(2)24-34(51-37(57)15-14-32(48-29(3)55)36(56)9-7-21-66-23-22-65-4)43(63)52-35(26-54)41(61)47-25-38(58)50-33(8-5-6-18-45)42(62)49-31-12-10-30(11-13-31)27-67-44(64)46-19-20-53-39(59)16-17-40(53)60/h10-13,16-17,28,32-35,54H,5-9,14-15,18-27,45H2,1-4H3,(H,46,64)(H,47,61)(H,48,55)(H,49,62)(H,50,58)(H,51,57)(H,52,63)/t32-,33-,34-,35-/m0/s1. The molecule has 4 atom stereocenters. The van der Waals surface area contributed by atoms with Crippen molar-refractivity contribution in [3.05, 3.63) is 42.0 Å². The SMILES string of the molecule is COCCOCCCC(=O)[C@H](CCC(=O)N[C@@H](CC(C)C)C(=O)N[C@@H](CO)C(=O)NCC(=O)N[C@@H](CCCCN)C(=O)Nc1ccc(COC(=O)NCCN2C(=O)C=CC2=O)cc1)NC(C)=O. The summed E-state index contributed by atoms with van der Waals surface area (Å²) < 4.78 is 15.5. The highest BCUT2D eigenvalue weighted by Crippen LogP contribution is 2.13. The lowest BCUT2D eigenvalue weighted by Crippen LogP contribution is -2.56. The number of ketones is 1. The van der Waals surface area contributed by atoms with Crippen LogP contribution in [-0.4, -0.2) is 153 Å². The number of aliphatic hydroxyl groups is 1. The Morgan fingerprint density at radius 2 is 1.42 bits per heavy atom. The lowest BCUT2D eigenvalue weighted by molar-refractivity contribution is -0.137. The van der Waals surface area contributed by atoms with Crippen molar-refractivity contribution in [1.82, 2.24) is 36.8 Å². The number of ether oxygens (including phenoxy) is 3. The van der Waals surface area contributed by atoms with Gasteiger partial charge in [0.05, 0.1) is 32.4 Å². The van der Waals surface area contributed by atoms with Crippen LogP contribution < -0.4 is 43.0 Å². The van der Waals surface area contributed by atoms with Gasteiger partial charge in [0.15, 0.2) is 5.78 Å². The normalized spacial score (nSPS) is 13.8. The average Bonchev–Trinajstić information content (AvgIpc) is 3.61. The smallest absolute Gasteiger partial charge is 0.407 e. The van der Waals surface area contributed by atoms with Gasteiger partial charge in [0, 0.05) is 64.4 Å². The molecule has 67 heavy (non-hydrogen) atoms. The van der Waals surface area contributed by atoms with Crippen molar-refractivity contribution in [2.75, 3.05) is 65.0 Å². The predicted molar refractivity (Wildman–Crippen MR) is 241 cm³/mol. The zero-order valence-corrected chi connectivity index (χ0v) is 38.7. The molecule has 1 aromatic rings. The first-order valence-corrected chi connectivity index (χ1v) is 22.2. The Balaban J connectivity index is 1.91. The van der Waals surface area contributed by atoms with Crippen molar-refractivity contribution in [1.29, 1.82) is 0 Å². The Kier molecular flexibility index (Phi) is 26.8. The van der Waals surface area contributed by atoms with Crippen LogP contribution in [0.3, 0.4) is 0 Å². The van der Waals surface area contributed by atoms with Gasteiger partial charge in [-0.25, -0.2) is 4.79 Å². The maximum absolute atomic E-state index is 13.4. The Bertz CT molecular complexity index is 1840. The molecule has 23 heteroatoms. The monoisotopic (exact) mass is 945 g/mol. The largest absolute Gasteiger partial charge is 0.445 e. The van der Waals surface area contributed by atoms with Gasteiger partial charge in [-0.15, -0.1) is 0 Å². The molecule has 0 fully saturated rings. The number of aliphatic hydroxyl groups excluding tert-OH is 1. The number of carbonyl (C=O) groups excluding carboxylic acids is 10. The Morgan fingerprint density at radius 3 is 2.04 bits per heavy atom. The predicted octanol–water partition coefficient (Wildman–Crippen LogP) is -1.19. The van der Waals surface area contributed by atoms with Gasteiger partial charge >= 0.3 is 6.09 Å². The number of hydrogen-bond acceptors (Lipinski definition) is 15. The molecule has 0 aromatic heterocycles. The van der Waals surface area contributed by atoms with Crippen LogP contribution in [0.15, 0.2) is 36.4 Å². The zero-order valence-electron chi connectivity index (χ0n) is 38.7. The second-order valence-corrected chi connectivity index (χ2v) is 15.9. The van der Waals surface area contributed by atoms with Gasteiger partial charge < -0.3 is 62.3 Å². The fourth-order valence-corrected chi connectivity index (χ4v) is 6.37. The molecule has 0 spiro atoms. The Hall–Kier alpha value is -6.30. The van der Waals surface area contributed by atoms with Gasteiger partial charge in [-0.3, -0.25) is 48.1 Å². The van der Waals surface area contributed by atoms with E-state index in [2.05, 4.69) is 37.2 Å². The second-order valence-electron chi connectivity index (χ2n) is 15.9. The Morgan fingerprint density at radius 1 is 0.731 bits per heavy atom. The molecule has 1 aliphatic rings. The molecule has 0 aliphatic carbocycles. The summed E-state index contributed by atoms with van der Waals surface area (Å²) in [5, 5.41) is 27.7. The van der Waals surface area contributed by atoms with Crippen LogP contribution >= 0.6 is 0 Å². The molecule has 10 N–H and O–H groups in total. The number of nitrogens with two attached hydrogens (primary N) is 1. The molecule has 0 saturated heterocycles. The quantitative estimate of drug-likeness (QED) is 0.0296. The van der Waals surface area contributed by atoms with Crippen molar-refractivity contribution >= 4 is 64.8 Å². The van der Waals surface area contributed by atoms with E-state index in [1.54, 1.807) is 31.4 Å². The molecule has 1 aliphatic heterocycles. The molecular weight excluding hydrogens is 879 g/mol. The summed E-state index contributed by atoms with van der Waals surface area (Å²) in [5.74, 6) is -5.39. The summed E-state index contributed by atoms with van der Waals surface area (Å²) in [6.07, 6.45) is 3.16. The number of amides is 9. The van der Waals surface area contributed by atoms with Gasteiger partial charge in [-0.1, -0.05) is 26.0 Å². The second kappa shape index (κ2) is 31.6. The van der Waals surface area contributed by atoms with E-state index >= 15 is 0 Å². The minimum atomic E-state index is -1.52. The van der Waals surface area contributed by atoms with E-state index in [0.717, 1.165) is 17.1 Å². The van der Waals surface area contributed by atoms with E-state index in [9.17, 15) is 53.1 Å². The van der Waals surface area contributed by atoms with Crippen LogP contribution in [-0.2, 0) is 64.0 Å². The highest BCUT2D eigenvalue weighted by atomic mass is 16.5. The molecule has 0 bridgehead atoms. The fraction of sp³-hybridized carbons (Fsp3) is 0.591. The van der Waals surface area contributed by atoms with E-state index in [1.165, 1.54) is 6.92 Å². The number of Topliss-reactive ketones (excluding diaryl/α,β-unsaturated/α-hetero) is 1. The number of imide groups is 1. The van der Waals surface area contributed by atoms with Gasteiger partial charge in [-0.2, -0.15) is 0 Å². The summed E-state index contributed by atoms with van der Waals surface area (Å²) in [7, 11) is 1.54. The minimum Gasteiger partial charge on any atom is -0.445 e. The molecule has 0 saturated carbocycles. The number of methoxy groups -OCH3 is 1. The van der Waals surface area contributed by atoms with Gasteiger partial charge in [0.1, 0.15) is 24.7 Å². The summed E-state index contributed by atoms with van der Waals surface area (Å²) in [4.78, 5) is 127. The minimum absolute atomic E-state index is 0.00542. The first-order chi connectivity index (χ1) is 32.0. The van der Waals surface area contributed by atoms with Crippen LogP contribution in [0.25, 0.3) is 0 Å². The topological polar surface area (TPSA) is 332 Å². The van der Waals surface area contributed by atoms with Gasteiger partial charge in [0.25, 0.3) is 11.8 Å². The van der Waals surface area contributed by atoms with E-state index in [-0.39, 0.29) is 63.5 Å². The van der Waals surface area contributed by atoms with Gasteiger partial charge in [-0.05, 0) is 68.7 Å². The summed E-state index contributed by atoms with van der Waals surface area (Å²) >= 11 is 0. The number of benzene rings is 1.